The van der Waals surface area contributed by atoms with Crippen LogP contribution >= 0.6 is 0 Å². The van der Waals surface area contributed by atoms with Crippen LogP contribution in [0.2, 0.25) is 0 Å². The first-order valence-corrected chi connectivity index (χ1v) is 22.2. The molecule has 8 heteroatoms. The van der Waals surface area contributed by atoms with Gasteiger partial charge in [-0.25, -0.2) is 0 Å². The van der Waals surface area contributed by atoms with Gasteiger partial charge in [0, 0.05) is 47.6 Å². The van der Waals surface area contributed by atoms with Crippen LogP contribution in [0.15, 0.2) is 42.5 Å². The zero-order chi connectivity index (χ0) is 40.2. The first kappa shape index (κ1) is 47.0. The summed E-state index contributed by atoms with van der Waals surface area (Å²) in [7, 11) is 0. The Kier molecular flexibility index (Phi) is 24.3. The summed E-state index contributed by atoms with van der Waals surface area (Å²) in [6.07, 6.45) is 17.6. The Balaban J connectivity index is 1.88. The van der Waals surface area contributed by atoms with E-state index in [0.717, 1.165) is 111 Å². The van der Waals surface area contributed by atoms with Crippen molar-refractivity contribution in [2.45, 2.75) is 169 Å². The number of ether oxygens (including phenoxy) is 6. The molecule has 2 unspecified atom stereocenters. The number of carbonyl (C=O) groups is 2. The number of rotatable bonds is 33. The SMILES string of the molecule is CCCCCCOCC(COc1c2ccccc2c(OCC(COCCCCCC)OC(=O)CCCCCC)c2cc(CC)ccc12)OC(=O)CCCCCC. The second-order valence-corrected chi connectivity index (χ2v) is 15.2. The molecule has 0 spiro atoms. The number of esters is 2. The number of unbranched alkanes of at least 4 members (excludes halogenated alkanes) is 12. The first-order chi connectivity index (χ1) is 27.4. The molecule has 3 aromatic carbocycles. The van der Waals surface area contributed by atoms with Crippen molar-refractivity contribution in [3.05, 3.63) is 48.0 Å². The summed E-state index contributed by atoms with van der Waals surface area (Å²) in [5, 5.41) is 3.60. The third-order valence-corrected chi connectivity index (χ3v) is 10.2. The predicted octanol–water partition coefficient (Wildman–Crippen LogP) is 12.3. The van der Waals surface area contributed by atoms with Gasteiger partial charge >= 0.3 is 11.9 Å². The summed E-state index contributed by atoms with van der Waals surface area (Å²) < 4.78 is 37.5. The van der Waals surface area contributed by atoms with Crippen molar-refractivity contribution in [2.75, 3.05) is 39.6 Å². The van der Waals surface area contributed by atoms with Crippen LogP contribution in [-0.2, 0) is 35.0 Å². The summed E-state index contributed by atoms with van der Waals surface area (Å²) in [6.45, 7) is 13.0. The molecule has 0 heterocycles. The molecular weight excluding hydrogens is 705 g/mol. The molecule has 2 atom stereocenters. The van der Waals surface area contributed by atoms with Crippen molar-refractivity contribution in [3.63, 3.8) is 0 Å². The molecular formula is C48H74O8. The molecule has 56 heavy (non-hydrogen) atoms. The standard InChI is InChI=1S/C48H74O8/c1-6-11-15-19-27-45(49)55-39(34-51-31-23-17-13-8-3)36-53-47-41-25-21-22-26-42(41)48(44-33-38(10-5)29-30-43(44)47)54-37-40(35-52-32-24-18-14-9-4)56-46(50)28-20-16-12-7-2/h21-22,25-26,29-30,33,39-40H,6-20,23-24,27-28,31-32,34-37H2,1-5H3. The van der Waals surface area contributed by atoms with Gasteiger partial charge in [-0.3, -0.25) is 9.59 Å². The summed E-state index contributed by atoms with van der Waals surface area (Å²) in [5.74, 6) is 1.01. The van der Waals surface area contributed by atoms with Gasteiger partial charge in [-0.15, -0.1) is 0 Å². The van der Waals surface area contributed by atoms with E-state index in [-0.39, 0.29) is 38.4 Å². The molecule has 0 aliphatic carbocycles. The molecule has 0 saturated heterocycles. The maximum Gasteiger partial charge on any atom is 0.306 e. The Bertz CT molecular complexity index is 1520. The Morgan fingerprint density at radius 2 is 0.911 bits per heavy atom. The lowest BCUT2D eigenvalue weighted by Gasteiger charge is -2.23. The Hall–Kier alpha value is -3.36. The second-order valence-electron chi connectivity index (χ2n) is 15.2. The fourth-order valence-electron chi connectivity index (χ4n) is 6.84. The molecule has 3 rings (SSSR count). The molecule has 0 radical (unpaired) electrons. The highest BCUT2D eigenvalue weighted by Gasteiger charge is 2.23. The summed E-state index contributed by atoms with van der Waals surface area (Å²) in [6, 6.07) is 14.4. The number of benzene rings is 3. The van der Waals surface area contributed by atoms with Gasteiger partial charge in [0.25, 0.3) is 0 Å². The third-order valence-electron chi connectivity index (χ3n) is 10.2. The third kappa shape index (κ3) is 17.4. The average molecular weight is 779 g/mol. The minimum absolute atomic E-state index is 0.163. The van der Waals surface area contributed by atoms with Gasteiger partial charge < -0.3 is 28.4 Å². The quantitative estimate of drug-likeness (QED) is 0.0343. The van der Waals surface area contributed by atoms with Gasteiger partial charge in [-0.1, -0.05) is 148 Å². The van der Waals surface area contributed by atoms with E-state index in [1.54, 1.807) is 0 Å². The molecule has 0 aliphatic rings. The zero-order valence-electron chi connectivity index (χ0n) is 35.6. The van der Waals surface area contributed by atoms with Crippen LogP contribution in [-0.4, -0.2) is 63.8 Å². The topological polar surface area (TPSA) is 89.5 Å². The Labute approximate surface area is 338 Å². The molecule has 0 amide bonds. The van der Waals surface area contributed by atoms with Crippen LogP contribution in [0.5, 0.6) is 11.5 Å². The molecule has 0 fully saturated rings. The predicted molar refractivity (Wildman–Crippen MR) is 229 cm³/mol. The van der Waals surface area contributed by atoms with Gasteiger partial charge in [-0.05, 0) is 43.7 Å². The van der Waals surface area contributed by atoms with E-state index < -0.39 is 12.2 Å². The van der Waals surface area contributed by atoms with E-state index >= 15 is 0 Å². The molecule has 0 aromatic heterocycles. The number of hydrogen-bond acceptors (Lipinski definition) is 8. The van der Waals surface area contributed by atoms with E-state index in [9.17, 15) is 9.59 Å². The first-order valence-electron chi connectivity index (χ1n) is 22.2. The van der Waals surface area contributed by atoms with Crippen molar-refractivity contribution < 1.29 is 38.0 Å². The van der Waals surface area contributed by atoms with Crippen molar-refractivity contribution in [1.29, 1.82) is 0 Å². The maximum absolute atomic E-state index is 13.0. The average Bonchev–Trinajstić information content (AvgIpc) is 3.21. The zero-order valence-corrected chi connectivity index (χ0v) is 35.6. The van der Waals surface area contributed by atoms with Crippen LogP contribution in [0.1, 0.15) is 156 Å². The molecule has 0 N–H and O–H groups in total. The number of fused-ring (bicyclic) bond motifs is 2. The monoisotopic (exact) mass is 779 g/mol. The minimum atomic E-state index is -0.543. The lowest BCUT2D eigenvalue weighted by Crippen LogP contribution is -2.30. The fourth-order valence-corrected chi connectivity index (χ4v) is 6.84. The summed E-state index contributed by atoms with van der Waals surface area (Å²) in [5.41, 5.74) is 1.17. The van der Waals surface area contributed by atoms with Crippen LogP contribution in [0.4, 0.5) is 0 Å². The van der Waals surface area contributed by atoms with E-state index in [0.29, 0.717) is 31.8 Å². The van der Waals surface area contributed by atoms with Gasteiger partial charge in [0.2, 0.25) is 0 Å². The number of hydrogen-bond donors (Lipinski definition) is 0. The highest BCUT2D eigenvalue weighted by molar-refractivity contribution is 6.11. The molecule has 0 aliphatic heterocycles. The maximum atomic E-state index is 13.0. The van der Waals surface area contributed by atoms with Crippen LogP contribution in [0.25, 0.3) is 21.5 Å². The number of aryl methyl sites for hydroxylation is 1. The summed E-state index contributed by atoms with van der Waals surface area (Å²) >= 11 is 0. The van der Waals surface area contributed by atoms with E-state index in [1.807, 2.05) is 24.3 Å². The largest absolute Gasteiger partial charge is 0.488 e. The number of carbonyl (C=O) groups excluding carboxylic acids is 2. The highest BCUT2D eigenvalue weighted by atomic mass is 16.6. The Morgan fingerprint density at radius 3 is 1.36 bits per heavy atom. The van der Waals surface area contributed by atoms with Crippen molar-refractivity contribution in [2.24, 2.45) is 0 Å². The van der Waals surface area contributed by atoms with E-state index in [1.165, 1.54) is 31.2 Å². The minimum Gasteiger partial charge on any atom is -0.488 e. The Morgan fingerprint density at radius 1 is 0.482 bits per heavy atom. The smallest absolute Gasteiger partial charge is 0.306 e. The van der Waals surface area contributed by atoms with Crippen molar-refractivity contribution in [3.8, 4) is 11.5 Å². The van der Waals surface area contributed by atoms with Crippen molar-refractivity contribution in [1.82, 2.24) is 0 Å². The molecule has 3 aromatic rings. The fraction of sp³-hybridized carbons (Fsp3) is 0.667. The molecule has 0 bridgehead atoms. The van der Waals surface area contributed by atoms with Gasteiger partial charge in [0.05, 0.1) is 13.2 Å². The van der Waals surface area contributed by atoms with Crippen LogP contribution in [0.3, 0.4) is 0 Å². The summed E-state index contributed by atoms with van der Waals surface area (Å²) in [4.78, 5) is 25.9. The lowest BCUT2D eigenvalue weighted by molar-refractivity contribution is -0.155. The molecule has 314 valence electrons. The van der Waals surface area contributed by atoms with E-state index in [2.05, 4.69) is 52.8 Å². The van der Waals surface area contributed by atoms with Crippen LogP contribution in [0, 0.1) is 0 Å². The van der Waals surface area contributed by atoms with Gasteiger partial charge in [0.1, 0.15) is 24.7 Å². The molecule has 0 saturated carbocycles. The highest BCUT2D eigenvalue weighted by Crippen LogP contribution is 2.43. The molecule has 8 nitrogen and oxygen atoms in total. The normalized spacial score (nSPS) is 12.5. The van der Waals surface area contributed by atoms with Gasteiger partial charge in [-0.2, -0.15) is 0 Å². The van der Waals surface area contributed by atoms with Gasteiger partial charge in [0.15, 0.2) is 12.2 Å². The van der Waals surface area contributed by atoms with Crippen molar-refractivity contribution >= 4 is 33.5 Å². The lowest BCUT2D eigenvalue weighted by atomic mass is 9.98. The van der Waals surface area contributed by atoms with E-state index in [4.69, 9.17) is 28.4 Å². The second kappa shape index (κ2) is 28.9. The van der Waals surface area contributed by atoms with Crippen LogP contribution < -0.4 is 9.47 Å².